The first-order valence-corrected chi connectivity index (χ1v) is 6.88. The predicted molar refractivity (Wildman–Crippen MR) is 73.3 cm³/mol. The number of hydrogen-bond acceptors (Lipinski definition) is 3. The molecule has 17 heavy (non-hydrogen) atoms. The Hall–Kier alpha value is -1.19. The summed E-state index contributed by atoms with van der Waals surface area (Å²) in [6.07, 6.45) is 2.33. The average Bonchev–Trinajstić information content (AvgIpc) is 2.76. The van der Waals surface area contributed by atoms with Gasteiger partial charge in [0.05, 0.1) is 11.2 Å². The van der Waals surface area contributed by atoms with Crippen LogP contribution in [0.2, 0.25) is 0 Å². The number of aryl methyl sites for hydroxylation is 2. The molecule has 0 aliphatic heterocycles. The molecular weight excluding hydrogens is 228 g/mol. The van der Waals surface area contributed by atoms with Gasteiger partial charge in [0.25, 0.3) is 0 Å². The van der Waals surface area contributed by atoms with Crippen molar-refractivity contribution in [2.45, 2.75) is 26.3 Å². The summed E-state index contributed by atoms with van der Waals surface area (Å²) >= 11 is 1.73. The van der Waals surface area contributed by atoms with E-state index >= 15 is 0 Å². The van der Waals surface area contributed by atoms with Crippen LogP contribution in [-0.4, -0.2) is 11.5 Å². The largest absolute Gasteiger partial charge is 0.312 e. The Bertz CT molecular complexity index is 436. The van der Waals surface area contributed by atoms with Crippen molar-refractivity contribution in [2.24, 2.45) is 0 Å². The van der Waals surface area contributed by atoms with Gasteiger partial charge < -0.3 is 5.32 Å². The van der Waals surface area contributed by atoms with E-state index in [4.69, 9.17) is 0 Å². The lowest BCUT2D eigenvalue weighted by Crippen LogP contribution is -2.15. The van der Waals surface area contributed by atoms with E-state index in [1.165, 1.54) is 16.9 Å². The molecule has 0 saturated heterocycles. The molecule has 1 aromatic heterocycles. The molecule has 2 aromatic rings. The maximum atomic E-state index is 4.24. The van der Waals surface area contributed by atoms with Gasteiger partial charge in [-0.1, -0.05) is 30.3 Å². The van der Waals surface area contributed by atoms with Crippen LogP contribution in [-0.2, 0) is 13.0 Å². The van der Waals surface area contributed by atoms with Crippen molar-refractivity contribution in [3.05, 3.63) is 52.0 Å². The molecule has 0 spiro atoms. The first kappa shape index (κ1) is 12.3. The monoisotopic (exact) mass is 246 g/mol. The van der Waals surface area contributed by atoms with E-state index in [0.717, 1.165) is 25.2 Å². The number of nitrogens with one attached hydrogen (secondary N) is 1. The van der Waals surface area contributed by atoms with Crippen molar-refractivity contribution in [1.29, 1.82) is 0 Å². The first-order valence-electron chi connectivity index (χ1n) is 6.00. The second kappa shape index (κ2) is 6.52. The molecule has 1 N–H and O–H groups in total. The fraction of sp³-hybridized carbons (Fsp3) is 0.357. The topological polar surface area (TPSA) is 24.9 Å². The van der Waals surface area contributed by atoms with Crippen molar-refractivity contribution >= 4 is 11.3 Å². The smallest absolute Gasteiger partial charge is 0.0798 e. The number of rotatable bonds is 6. The van der Waals surface area contributed by atoms with Gasteiger partial charge in [-0.25, -0.2) is 4.98 Å². The van der Waals surface area contributed by atoms with E-state index in [9.17, 15) is 0 Å². The summed E-state index contributed by atoms with van der Waals surface area (Å²) in [5, 5.41) is 3.47. The summed E-state index contributed by atoms with van der Waals surface area (Å²) in [5.41, 5.74) is 4.49. The molecular formula is C14H18N2S. The summed E-state index contributed by atoms with van der Waals surface area (Å²) in [6, 6.07) is 10.6. The summed E-state index contributed by atoms with van der Waals surface area (Å²) in [5.74, 6) is 0. The summed E-state index contributed by atoms with van der Waals surface area (Å²) in [4.78, 5) is 5.59. The van der Waals surface area contributed by atoms with E-state index < -0.39 is 0 Å². The molecule has 0 aliphatic rings. The molecule has 0 amide bonds. The lowest BCUT2D eigenvalue weighted by atomic mass is 10.1. The van der Waals surface area contributed by atoms with E-state index in [1.807, 2.05) is 5.51 Å². The molecule has 3 heteroatoms. The molecule has 0 unspecified atom stereocenters. The van der Waals surface area contributed by atoms with Crippen molar-refractivity contribution in [1.82, 2.24) is 10.3 Å². The highest BCUT2D eigenvalue weighted by molar-refractivity contribution is 7.09. The zero-order valence-corrected chi connectivity index (χ0v) is 11.0. The van der Waals surface area contributed by atoms with Crippen molar-refractivity contribution in [2.75, 3.05) is 6.54 Å². The molecule has 0 radical (unpaired) electrons. The summed E-state index contributed by atoms with van der Waals surface area (Å²) in [6.45, 7) is 4.08. The third-order valence-corrected chi connectivity index (χ3v) is 3.73. The Labute approximate surface area is 107 Å². The number of benzene rings is 1. The minimum absolute atomic E-state index is 0.950. The molecule has 0 atom stereocenters. The van der Waals surface area contributed by atoms with Gasteiger partial charge in [-0.3, -0.25) is 0 Å². The van der Waals surface area contributed by atoms with Gasteiger partial charge in [0.15, 0.2) is 0 Å². The SMILES string of the molecule is Cc1ncsc1CNCCCc1ccccc1. The van der Waals surface area contributed by atoms with Crippen LogP contribution in [0.15, 0.2) is 35.8 Å². The van der Waals surface area contributed by atoms with Crippen LogP contribution >= 0.6 is 11.3 Å². The standard InChI is InChI=1S/C14H18N2S/c1-12-14(17-11-16-12)10-15-9-5-8-13-6-3-2-4-7-13/h2-4,6-7,11,15H,5,8-10H2,1H3. The molecule has 1 aromatic carbocycles. The second-order valence-corrected chi connectivity index (χ2v) is 5.07. The molecule has 2 rings (SSSR count). The van der Waals surface area contributed by atoms with Crippen LogP contribution in [0.25, 0.3) is 0 Å². The Balaban J connectivity index is 1.63. The lowest BCUT2D eigenvalue weighted by Gasteiger charge is -2.04. The quantitative estimate of drug-likeness (QED) is 0.792. The van der Waals surface area contributed by atoms with Crippen LogP contribution in [0.4, 0.5) is 0 Å². The van der Waals surface area contributed by atoms with Gasteiger partial charge >= 0.3 is 0 Å². The van der Waals surface area contributed by atoms with Crippen molar-refractivity contribution in [3.63, 3.8) is 0 Å². The molecule has 0 bridgehead atoms. The first-order chi connectivity index (χ1) is 8.36. The van der Waals surface area contributed by atoms with Crippen molar-refractivity contribution in [3.8, 4) is 0 Å². The maximum absolute atomic E-state index is 4.24. The third kappa shape index (κ3) is 3.95. The Kier molecular flexibility index (Phi) is 4.71. The highest BCUT2D eigenvalue weighted by Gasteiger charge is 1.99. The fourth-order valence-corrected chi connectivity index (χ4v) is 2.51. The highest BCUT2D eigenvalue weighted by Crippen LogP contribution is 2.11. The van der Waals surface area contributed by atoms with E-state index in [2.05, 4.69) is 47.6 Å². The highest BCUT2D eigenvalue weighted by atomic mass is 32.1. The van der Waals surface area contributed by atoms with Gasteiger partial charge in [-0.05, 0) is 31.9 Å². The maximum Gasteiger partial charge on any atom is 0.0798 e. The number of hydrogen-bond donors (Lipinski definition) is 1. The van der Waals surface area contributed by atoms with Crippen LogP contribution in [0, 0.1) is 6.92 Å². The van der Waals surface area contributed by atoms with E-state index in [-0.39, 0.29) is 0 Å². The van der Waals surface area contributed by atoms with E-state index in [1.54, 1.807) is 11.3 Å². The Morgan fingerprint density at radius 1 is 1.24 bits per heavy atom. The summed E-state index contributed by atoms with van der Waals surface area (Å²) < 4.78 is 0. The minimum atomic E-state index is 0.950. The minimum Gasteiger partial charge on any atom is -0.312 e. The van der Waals surface area contributed by atoms with E-state index in [0.29, 0.717) is 0 Å². The van der Waals surface area contributed by atoms with Crippen LogP contribution in [0.3, 0.4) is 0 Å². The summed E-state index contributed by atoms with van der Waals surface area (Å²) in [7, 11) is 0. The molecule has 1 heterocycles. The fourth-order valence-electron chi connectivity index (χ4n) is 1.76. The van der Waals surface area contributed by atoms with Crippen LogP contribution < -0.4 is 5.32 Å². The molecule has 0 fully saturated rings. The van der Waals surface area contributed by atoms with Crippen LogP contribution in [0.5, 0.6) is 0 Å². The molecule has 2 nitrogen and oxygen atoms in total. The number of thiazole rings is 1. The van der Waals surface area contributed by atoms with Crippen LogP contribution in [0.1, 0.15) is 22.6 Å². The second-order valence-electron chi connectivity index (χ2n) is 4.13. The predicted octanol–water partition coefficient (Wildman–Crippen LogP) is 3.17. The van der Waals surface area contributed by atoms with Gasteiger partial charge in [0, 0.05) is 11.4 Å². The third-order valence-electron chi connectivity index (χ3n) is 2.79. The molecule has 0 aliphatic carbocycles. The van der Waals surface area contributed by atoms with Gasteiger partial charge in [0.1, 0.15) is 0 Å². The number of aromatic nitrogens is 1. The van der Waals surface area contributed by atoms with Gasteiger partial charge in [-0.15, -0.1) is 11.3 Å². The Morgan fingerprint density at radius 3 is 2.76 bits per heavy atom. The zero-order valence-electron chi connectivity index (χ0n) is 10.1. The number of nitrogens with zero attached hydrogens (tertiary/aromatic N) is 1. The molecule has 0 saturated carbocycles. The molecule has 90 valence electrons. The lowest BCUT2D eigenvalue weighted by molar-refractivity contribution is 0.652. The van der Waals surface area contributed by atoms with Gasteiger partial charge in [0.2, 0.25) is 0 Å². The average molecular weight is 246 g/mol. The zero-order chi connectivity index (χ0) is 11.9. The van der Waals surface area contributed by atoms with Gasteiger partial charge in [-0.2, -0.15) is 0 Å². The Morgan fingerprint density at radius 2 is 2.06 bits per heavy atom. The van der Waals surface area contributed by atoms with Crippen molar-refractivity contribution < 1.29 is 0 Å². The normalized spacial score (nSPS) is 10.6.